The van der Waals surface area contributed by atoms with Gasteiger partial charge in [-0.05, 0) is 24.6 Å². The van der Waals surface area contributed by atoms with Gasteiger partial charge in [-0.15, -0.1) is 0 Å². The van der Waals surface area contributed by atoms with Crippen LogP contribution in [-0.4, -0.2) is 35.1 Å². The van der Waals surface area contributed by atoms with Crippen LogP contribution in [-0.2, 0) is 7.05 Å². The molecule has 0 aliphatic rings. The second kappa shape index (κ2) is 5.24. The molecule has 6 nitrogen and oxygen atoms in total. The van der Waals surface area contributed by atoms with Gasteiger partial charge in [0.25, 0.3) is 0 Å². The number of hydrogen-bond acceptors (Lipinski definition) is 4. The Morgan fingerprint density at radius 3 is 2.45 bits per heavy atom. The van der Waals surface area contributed by atoms with Gasteiger partial charge >= 0.3 is 5.97 Å². The lowest BCUT2D eigenvalue weighted by Crippen LogP contribution is -2.03. The summed E-state index contributed by atoms with van der Waals surface area (Å²) in [6, 6.07) is 3.57. The van der Waals surface area contributed by atoms with Crippen LogP contribution >= 0.6 is 0 Å². The molecule has 0 aliphatic carbocycles. The highest BCUT2D eigenvalue weighted by Crippen LogP contribution is 2.37. The van der Waals surface area contributed by atoms with Crippen LogP contribution in [0.3, 0.4) is 0 Å². The Hall–Kier alpha value is -2.50. The number of carboxylic acid groups (broad SMARTS) is 1. The number of rotatable bonds is 4. The fourth-order valence-electron chi connectivity index (χ4n) is 2.15. The van der Waals surface area contributed by atoms with Gasteiger partial charge in [-0.2, -0.15) is 5.10 Å². The Balaban J connectivity index is 2.74. The Kier molecular flexibility index (Phi) is 3.65. The zero-order valence-electron chi connectivity index (χ0n) is 11.8. The molecule has 0 saturated carbocycles. The van der Waals surface area contributed by atoms with Crippen molar-refractivity contribution in [2.45, 2.75) is 6.92 Å². The van der Waals surface area contributed by atoms with E-state index in [0.29, 0.717) is 22.8 Å². The third-order valence-corrected chi connectivity index (χ3v) is 3.14. The summed E-state index contributed by atoms with van der Waals surface area (Å²) >= 11 is 0. The molecule has 0 spiro atoms. The van der Waals surface area contributed by atoms with Crippen molar-refractivity contribution in [2.75, 3.05) is 14.2 Å². The molecule has 20 heavy (non-hydrogen) atoms. The number of aromatic carboxylic acids is 1. The van der Waals surface area contributed by atoms with Crippen LogP contribution in [0.5, 0.6) is 11.5 Å². The predicted octanol–water partition coefficient (Wildman–Crippen LogP) is 2.11. The van der Waals surface area contributed by atoms with Gasteiger partial charge in [-0.3, -0.25) is 4.68 Å². The van der Waals surface area contributed by atoms with Crippen molar-refractivity contribution in [1.29, 1.82) is 0 Å². The molecule has 0 amide bonds. The minimum Gasteiger partial charge on any atom is -0.496 e. The van der Waals surface area contributed by atoms with Crippen LogP contribution < -0.4 is 9.47 Å². The standard InChI is InChI=1S/C14H16N2O4/c1-8-5-12(20-4)9(6-11(8)19-3)13-10(14(17)18)7-15-16(13)2/h5-7H,1-4H3,(H,17,18). The molecular formula is C14H16N2O4. The first-order valence-electron chi connectivity index (χ1n) is 5.97. The van der Waals surface area contributed by atoms with E-state index in [2.05, 4.69) is 5.10 Å². The van der Waals surface area contributed by atoms with Gasteiger partial charge < -0.3 is 14.6 Å². The number of carbonyl (C=O) groups is 1. The third-order valence-electron chi connectivity index (χ3n) is 3.14. The molecule has 1 heterocycles. The molecule has 1 aromatic heterocycles. The van der Waals surface area contributed by atoms with E-state index < -0.39 is 5.97 Å². The third kappa shape index (κ3) is 2.20. The summed E-state index contributed by atoms with van der Waals surface area (Å²) in [5, 5.41) is 13.3. The van der Waals surface area contributed by atoms with Gasteiger partial charge in [0.05, 0.1) is 26.1 Å². The zero-order chi connectivity index (χ0) is 14.9. The summed E-state index contributed by atoms with van der Waals surface area (Å²) < 4.78 is 12.2. The quantitative estimate of drug-likeness (QED) is 0.925. The maximum absolute atomic E-state index is 11.3. The van der Waals surface area contributed by atoms with Crippen molar-refractivity contribution in [3.63, 3.8) is 0 Å². The van der Waals surface area contributed by atoms with E-state index in [4.69, 9.17) is 9.47 Å². The Morgan fingerprint density at radius 1 is 1.25 bits per heavy atom. The van der Waals surface area contributed by atoms with Crippen molar-refractivity contribution < 1.29 is 19.4 Å². The highest BCUT2D eigenvalue weighted by Gasteiger charge is 2.21. The van der Waals surface area contributed by atoms with Crippen molar-refractivity contribution in [2.24, 2.45) is 7.05 Å². The van der Waals surface area contributed by atoms with E-state index in [-0.39, 0.29) is 5.56 Å². The van der Waals surface area contributed by atoms with E-state index in [9.17, 15) is 9.90 Å². The smallest absolute Gasteiger partial charge is 0.339 e. The summed E-state index contributed by atoms with van der Waals surface area (Å²) in [6.07, 6.45) is 1.32. The van der Waals surface area contributed by atoms with Crippen LogP contribution in [0, 0.1) is 6.92 Å². The van der Waals surface area contributed by atoms with Crippen molar-refractivity contribution >= 4 is 5.97 Å². The largest absolute Gasteiger partial charge is 0.496 e. The van der Waals surface area contributed by atoms with Crippen LogP contribution in [0.2, 0.25) is 0 Å². The lowest BCUT2D eigenvalue weighted by molar-refractivity contribution is 0.0697. The first-order valence-corrected chi connectivity index (χ1v) is 5.97. The number of hydrogen-bond donors (Lipinski definition) is 1. The Bertz CT molecular complexity index is 661. The SMILES string of the molecule is COc1cc(-c2c(C(=O)O)cnn2C)c(OC)cc1C. The molecule has 106 valence electrons. The van der Waals surface area contributed by atoms with Crippen LogP contribution in [0.4, 0.5) is 0 Å². The zero-order valence-corrected chi connectivity index (χ0v) is 11.8. The molecule has 0 atom stereocenters. The van der Waals surface area contributed by atoms with Gasteiger partial charge in [-0.25, -0.2) is 4.79 Å². The average molecular weight is 276 g/mol. The molecule has 6 heteroatoms. The van der Waals surface area contributed by atoms with Gasteiger partial charge in [0.2, 0.25) is 0 Å². The minimum atomic E-state index is -1.03. The molecule has 1 aromatic carbocycles. The minimum absolute atomic E-state index is 0.122. The van der Waals surface area contributed by atoms with Crippen molar-refractivity contribution in [3.8, 4) is 22.8 Å². The van der Waals surface area contributed by atoms with Gasteiger partial charge in [0.15, 0.2) is 0 Å². The molecule has 0 aliphatic heterocycles. The van der Waals surface area contributed by atoms with E-state index in [0.717, 1.165) is 5.56 Å². The number of aryl methyl sites for hydroxylation is 2. The lowest BCUT2D eigenvalue weighted by atomic mass is 10.0. The number of nitrogens with zero attached hydrogens (tertiary/aromatic N) is 2. The summed E-state index contributed by atoms with van der Waals surface area (Å²) in [5.41, 5.74) is 2.14. The molecule has 0 fully saturated rings. The lowest BCUT2D eigenvalue weighted by Gasteiger charge is -2.14. The average Bonchev–Trinajstić information content (AvgIpc) is 2.80. The fraction of sp³-hybridized carbons (Fsp3) is 0.286. The maximum atomic E-state index is 11.3. The number of ether oxygens (including phenoxy) is 2. The number of methoxy groups -OCH3 is 2. The second-order valence-corrected chi connectivity index (χ2v) is 4.36. The normalized spacial score (nSPS) is 10.4. The summed E-state index contributed by atoms with van der Waals surface area (Å²) in [5.74, 6) is 0.211. The van der Waals surface area contributed by atoms with Crippen molar-refractivity contribution in [3.05, 3.63) is 29.5 Å². The highest BCUT2D eigenvalue weighted by molar-refractivity contribution is 5.95. The number of carboxylic acids is 1. The summed E-state index contributed by atoms with van der Waals surface area (Å²) in [7, 11) is 4.80. The van der Waals surface area contributed by atoms with Gasteiger partial charge in [0.1, 0.15) is 17.1 Å². The van der Waals surface area contributed by atoms with E-state index >= 15 is 0 Å². The predicted molar refractivity (Wildman–Crippen MR) is 73.4 cm³/mol. The molecule has 1 N–H and O–H groups in total. The Labute approximate surface area is 116 Å². The molecule has 0 radical (unpaired) electrons. The van der Waals surface area contributed by atoms with Crippen molar-refractivity contribution in [1.82, 2.24) is 9.78 Å². The number of aromatic nitrogens is 2. The van der Waals surface area contributed by atoms with E-state index in [1.54, 1.807) is 27.3 Å². The van der Waals surface area contributed by atoms with E-state index in [1.165, 1.54) is 10.9 Å². The maximum Gasteiger partial charge on any atom is 0.339 e. The van der Waals surface area contributed by atoms with Crippen LogP contribution in [0.25, 0.3) is 11.3 Å². The van der Waals surface area contributed by atoms with Crippen LogP contribution in [0.15, 0.2) is 18.3 Å². The first kappa shape index (κ1) is 13.9. The summed E-state index contributed by atoms with van der Waals surface area (Å²) in [6.45, 7) is 1.90. The monoisotopic (exact) mass is 276 g/mol. The van der Waals surface area contributed by atoms with Gasteiger partial charge in [0, 0.05) is 12.6 Å². The summed E-state index contributed by atoms with van der Waals surface area (Å²) in [4.78, 5) is 11.3. The molecule has 2 rings (SSSR count). The molecule has 2 aromatic rings. The fourth-order valence-corrected chi connectivity index (χ4v) is 2.15. The highest BCUT2D eigenvalue weighted by atomic mass is 16.5. The second-order valence-electron chi connectivity index (χ2n) is 4.36. The first-order chi connectivity index (χ1) is 9.49. The molecule has 0 saturated heterocycles. The van der Waals surface area contributed by atoms with Gasteiger partial charge in [-0.1, -0.05) is 0 Å². The Morgan fingerprint density at radius 2 is 1.90 bits per heavy atom. The van der Waals surface area contributed by atoms with Crippen LogP contribution in [0.1, 0.15) is 15.9 Å². The molecule has 0 unspecified atom stereocenters. The topological polar surface area (TPSA) is 73.6 Å². The van der Waals surface area contributed by atoms with E-state index in [1.807, 2.05) is 13.0 Å². The molecule has 0 bridgehead atoms. The number of benzene rings is 1. The molecular weight excluding hydrogens is 260 g/mol.